The molecule has 1 N–H and O–H groups in total. The van der Waals surface area contributed by atoms with Crippen LogP contribution in [0, 0.1) is 0 Å². The van der Waals surface area contributed by atoms with Crippen LogP contribution in [0.2, 0.25) is 0 Å². The first-order chi connectivity index (χ1) is 8.20. The second kappa shape index (κ2) is 5.60. The van der Waals surface area contributed by atoms with Gasteiger partial charge in [-0.1, -0.05) is 6.92 Å². The molecule has 5 nitrogen and oxygen atoms in total. The van der Waals surface area contributed by atoms with Crippen molar-refractivity contribution in [2.45, 2.75) is 58.3 Å². The van der Waals surface area contributed by atoms with E-state index in [0.717, 1.165) is 25.8 Å². The van der Waals surface area contributed by atoms with Crippen molar-refractivity contribution in [2.75, 3.05) is 6.54 Å². The number of nitrogens with zero attached hydrogens (tertiary/aromatic N) is 2. The van der Waals surface area contributed by atoms with Crippen molar-refractivity contribution in [1.29, 1.82) is 0 Å². The van der Waals surface area contributed by atoms with Crippen molar-refractivity contribution in [1.82, 2.24) is 15.5 Å². The highest BCUT2D eigenvalue weighted by Gasteiger charge is 2.28. The van der Waals surface area contributed by atoms with Gasteiger partial charge in [0.25, 0.3) is 0 Å². The van der Waals surface area contributed by atoms with E-state index in [1.165, 1.54) is 0 Å². The van der Waals surface area contributed by atoms with Crippen molar-refractivity contribution < 1.29 is 9.15 Å². The van der Waals surface area contributed by atoms with Gasteiger partial charge in [0.1, 0.15) is 6.10 Å². The van der Waals surface area contributed by atoms with Gasteiger partial charge in [-0.25, -0.2) is 0 Å². The van der Waals surface area contributed by atoms with Crippen LogP contribution in [0.5, 0.6) is 0 Å². The lowest BCUT2D eigenvalue weighted by Gasteiger charge is -2.08. The van der Waals surface area contributed by atoms with Gasteiger partial charge in [-0.05, 0) is 39.7 Å². The van der Waals surface area contributed by atoms with Crippen LogP contribution in [0.3, 0.4) is 0 Å². The molecular formula is C12H21N3O2. The van der Waals surface area contributed by atoms with Crippen LogP contribution >= 0.6 is 0 Å². The molecule has 2 rings (SSSR count). The van der Waals surface area contributed by atoms with E-state index in [-0.39, 0.29) is 12.1 Å². The van der Waals surface area contributed by atoms with Crippen molar-refractivity contribution >= 4 is 0 Å². The molecule has 0 spiro atoms. The molecule has 0 aliphatic carbocycles. The number of rotatable bonds is 5. The molecule has 5 heteroatoms. The van der Waals surface area contributed by atoms with Gasteiger partial charge in [0, 0.05) is 0 Å². The summed E-state index contributed by atoms with van der Waals surface area (Å²) < 4.78 is 11.4. The smallest absolute Gasteiger partial charge is 0.245 e. The molecule has 96 valence electrons. The first-order valence-corrected chi connectivity index (χ1v) is 6.42. The van der Waals surface area contributed by atoms with Gasteiger partial charge >= 0.3 is 0 Å². The lowest BCUT2D eigenvalue weighted by Crippen LogP contribution is -2.19. The molecule has 0 amide bonds. The molecule has 1 saturated heterocycles. The molecule has 2 heterocycles. The highest BCUT2D eigenvalue weighted by atomic mass is 16.5. The molecule has 0 radical (unpaired) electrons. The molecule has 1 aromatic heterocycles. The molecule has 1 aliphatic rings. The molecule has 1 fully saturated rings. The average Bonchev–Trinajstić information content (AvgIpc) is 2.93. The Hall–Kier alpha value is -0.940. The molecule has 1 aromatic rings. The predicted molar refractivity (Wildman–Crippen MR) is 63.5 cm³/mol. The zero-order chi connectivity index (χ0) is 12.3. The van der Waals surface area contributed by atoms with E-state index in [1.807, 2.05) is 6.92 Å². The first kappa shape index (κ1) is 12.5. The Kier molecular flexibility index (Phi) is 4.12. The van der Waals surface area contributed by atoms with Crippen LogP contribution in [0.25, 0.3) is 0 Å². The number of nitrogens with one attached hydrogen (secondary N) is 1. The molecule has 3 unspecified atom stereocenters. The largest absolute Gasteiger partial charge is 0.421 e. The highest BCUT2D eigenvalue weighted by Crippen LogP contribution is 2.32. The van der Waals surface area contributed by atoms with E-state index < -0.39 is 0 Å². The van der Waals surface area contributed by atoms with Crippen molar-refractivity contribution in [3.8, 4) is 0 Å². The minimum Gasteiger partial charge on any atom is -0.421 e. The summed E-state index contributed by atoms with van der Waals surface area (Å²) in [6, 6.07) is 0.107. The maximum atomic E-state index is 5.70. The number of hydrogen-bond donors (Lipinski definition) is 1. The summed E-state index contributed by atoms with van der Waals surface area (Å²) in [5, 5.41) is 11.5. The Morgan fingerprint density at radius 2 is 2.24 bits per heavy atom. The van der Waals surface area contributed by atoms with Crippen molar-refractivity contribution in [2.24, 2.45) is 0 Å². The lowest BCUT2D eigenvalue weighted by atomic mass is 10.2. The van der Waals surface area contributed by atoms with Gasteiger partial charge in [0.05, 0.1) is 12.1 Å². The highest BCUT2D eigenvalue weighted by molar-refractivity contribution is 4.93. The Bertz CT molecular complexity index is 353. The van der Waals surface area contributed by atoms with E-state index in [9.17, 15) is 0 Å². The molecule has 0 aromatic carbocycles. The summed E-state index contributed by atoms with van der Waals surface area (Å²) >= 11 is 0. The fourth-order valence-corrected chi connectivity index (χ4v) is 1.98. The standard InChI is InChI=1S/C12H21N3O2/c1-4-7-13-9(3)11-14-15-12(17-11)10-6-5-8(2)16-10/h8-10,13H,4-7H2,1-3H3. The SMILES string of the molecule is CCCNC(C)c1nnc(C2CCC(C)O2)o1. The van der Waals surface area contributed by atoms with E-state index in [4.69, 9.17) is 9.15 Å². The maximum absolute atomic E-state index is 5.70. The second-order valence-electron chi connectivity index (χ2n) is 4.67. The Balaban J connectivity index is 1.95. The molecule has 17 heavy (non-hydrogen) atoms. The van der Waals surface area contributed by atoms with Gasteiger partial charge in [-0.2, -0.15) is 0 Å². The summed E-state index contributed by atoms with van der Waals surface area (Å²) in [7, 11) is 0. The lowest BCUT2D eigenvalue weighted by molar-refractivity contribution is 0.0381. The van der Waals surface area contributed by atoms with Gasteiger partial charge < -0.3 is 14.5 Å². The topological polar surface area (TPSA) is 60.2 Å². The van der Waals surface area contributed by atoms with Crippen LogP contribution in [0.4, 0.5) is 0 Å². The van der Waals surface area contributed by atoms with Gasteiger partial charge in [0.15, 0.2) is 0 Å². The number of ether oxygens (including phenoxy) is 1. The second-order valence-corrected chi connectivity index (χ2v) is 4.67. The summed E-state index contributed by atoms with van der Waals surface area (Å²) in [4.78, 5) is 0. The normalized spacial score (nSPS) is 26.3. The summed E-state index contributed by atoms with van der Waals surface area (Å²) in [5.41, 5.74) is 0. The molecule has 3 atom stereocenters. The fraction of sp³-hybridized carbons (Fsp3) is 0.833. The maximum Gasteiger partial charge on any atom is 0.245 e. The first-order valence-electron chi connectivity index (χ1n) is 6.42. The average molecular weight is 239 g/mol. The van der Waals surface area contributed by atoms with Crippen LogP contribution in [-0.4, -0.2) is 22.8 Å². The third-order valence-corrected chi connectivity index (χ3v) is 3.03. The minimum atomic E-state index is -0.00961. The predicted octanol–water partition coefficient (Wildman–Crippen LogP) is 2.37. The monoisotopic (exact) mass is 239 g/mol. The van der Waals surface area contributed by atoms with Crippen LogP contribution < -0.4 is 5.32 Å². The summed E-state index contributed by atoms with van der Waals surface area (Å²) in [6.07, 6.45) is 3.41. The van der Waals surface area contributed by atoms with E-state index in [1.54, 1.807) is 0 Å². The molecular weight excluding hydrogens is 218 g/mol. The molecule has 1 aliphatic heterocycles. The van der Waals surface area contributed by atoms with Gasteiger partial charge in [-0.15, -0.1) is 10.2 Å². The summed E-state index contributed by atoms with van der Waals surface area (Å²) in [6.45, 7) is 7.19. The minimum absolute atomic E-state index is 0.00961. The zero-order valence-electron chi connectivity index (χ0n) is 10.8. The third kappa shape index (κ3) is 3.04. The van der Waals surface area contributed by atoms with Gasteiger partial charge in [0.2, 0.25) is 11.8 Å². The Morgan fingerprint density at radius 1 is 1.41 bits per heavy atom. The van der Waals surface area contributed by atoms with E-state index >= 15 is 0 Å². The number of hydrogen-bond acceptors (Lipinski definition) is 5. The van der Waals surface area contributed by atoms with Gasteiger partial charge in [-0.3, -0.25) is 0 Å². The Labute approximate surface area is 102 Å². The summed E-state index contributed by atoms with van der Waals surface area (Å²) in [5.74, 6) is 1.27. The van der Waals surface area contributed by atoms with E-state index in [2.05, 4.69) is 29.4 Å². The van der Waals surface area contributed by atoms with Crippen LogP contribution in [-0.2, 0) is 4.74 Å². The zero-order valence-corrected chi connectivity index (χ0v) is 10.8. The van der Waals surface area contributed by atoms with Crippen molar-refractivity contribution in [3.05, 3.63) is 11.8 Å². The van der Waals surface area contributed by atoms with Crippen molar-refractivity contribution in [3.63, 3.8) is 0 Å². The number of aromatic nitrogens is 2. The fourth-order valence-electron chi connectivity index (χ4n) is 1.98. The molecule has 0 saturated carbocycles. The van der Waals surface area contributed by atoms with E-state index in [0.29, 0.717) is 17.9 Å². The van der Waals surface area contributed by atoms with Crippen LogP contribution in [0.15, 0.2) is 4.42 Å². The third-order valence-electron chi connectivity index (χ3n) is 3.03. The molecule has 0 bridgehead atoms. The quantitative estimate of drug-likeness (QED) is 0.854. The Morgan fingerprint density at radius 3 is 2.88 bits per heavy atom. The van der Waals surface area contributed by atoms with Crippen LogP contribution in [0.1, 0.15) is 64.0 Å².